The first-order chi connectivity index (χ1) is 8.29. The third-order valence-corrected chi connectivity index (χ3v) is 3.05. The summed E-state index contributed by atoms with van der Waals surface area (Å²) in [5, 5.41) is 0.305. The van der Waals surface area contributed by atoms with Crippen LogP contribution in [0.2, 0.25) is 5.28 Å². The van der Waals surface area contributed by atoms with Gasteiger partial charge in [0.2, 0.25) is 5.28 Å². The molecule has 4 nitrogen and oxygen atoms in total. The number of halogens is 1. The van der Waals surface area contributed by atoms with Crippen LogP contribution in [0.1, 0.15) is 26.2 Å². The van der Waals surface area contributed by atoms with Crippen molar-refractivity contribution >= 4 is 17.4 Å². The van der Waals surface area contributed by atoms with E-state index in [1.165, 1.54) is 0 Å². The number of piperidine rings is 1. The van der Waals surface area contributed by atoms with Crippen LogP contribution in [0, 0.1) is 0 Å². The Kier molecular flexibility index (Phi) is 4.57. The third-order valence-electron chi connectivity index (χ3n) is 2.87. The molecule has 0 bridgehead atoms. The molecule has 0 aromatic carbocycles. The Morgan fingerprint density at radius 2 is 2.47 bits per heavy atom. The van der Waals surface area contributed by atoms with E-state index in [-0.39, 0.29) is 0 Å². The van der Waals surface area contributed by atoms with Gasteiger partial charge in [0.1, 0.15) is 5.82 Å². The Morgan fingerprint density at radius 1 is 1.59 bits per heavy atom. The molecular formula is C12H18ClN3O. The SMILES string of the molecule is CCCOC1CCCN(c2ccnc(Cl)n2)C1. The van der Waals surface area contributed by atoms with Crippen LogP contribution in [0.5, 0.6) is 0 Å². The van der Waals surface area contributed by atoms with Gasteiger partial charge in [0.05, 0.1) is 6.10 Å². The Bertz CT molecular complexity index is 361. The van der Waals surface area contributed by atoms with Crippen LogP contribution in [0.4, 0.5) is 5.82 Å². The number of rotatable bonds is 4. The fourth-order valence-electron chi connectivity index (χ4n) is 2.07. The molecule has 1 atom stereocenters. The molecular weight excluding hydrogens is 238 g/mol. The fraction of sp³-hybridized carbons (Fsp3) is 0.667. The number of hydrogen-bond acceptors (Lipinski definition) is 4. The van der Waals surface area contributed by atoms with Gasteiger partial charge < -0.3 is 9.64 Å². The molecule has 1 fully saturated rings. The van der Waals surface area contributed by atoms with Crippen molar-refractivity contribution in [3.8, 4) is 0 Å². The number of ether oxygens (including phenoxy) is 1. The minimum atomic E-state index is 0.305. The third kappa shape index (κ3) is 3.54. The van der Waals surface area contributed by atoms with Crippen LogP contribution in [-0.2, 0) is 4.74 Å². The van der Waals surface area contributed by atoms with Gasteiger partial charge in [-0.05, 0) is 36.9 Å². The fourth-order valence-corrected chi connectivity index (χ4v) is 2.21. The van der Waals surface area contributed by atoms with E-state index in [2.05, 4.69) is 21.8 Å². The van der Waals surface area contributed by atoms with Gasteiger partial charge in [-0.15, -0.1) is 0 Å². The van der Waals surface area contributed by atoms with Crippen molar-refractivity contribution in [2.75, 3.05) is 24.6 Å². The van der Waals surface area contributed by atoms with Crippen LogP contribution in [0.3, 0.4) is 0 Å². The second kappa shape index (κ2) is 6.17. The second-order valence-electron chi connectivity index (χ2n) is 4.26. The summed E-state index contributed by atoms with van der Waals surface area (Å²) in [6.45, 7) is 4.88. The monoisotopic (exact) mass is 255 g/mol. The first-order valence-electron chi connectivity index (χ1n) is 6.14. The lowest BCUT2D eigenvalue weighted by Gasteiger charge is -2.33. The molecule has 0 N–H and O–H groups in total. The van der Waals surface area contributed by atoms with Gasteiger partial charge in [-0.2, -0.15) is 0 Å². The minimum absolute atomic E-state index is 0.305. The van der Waals surface area contributed by atoms with Crippen molar-refractivity contribution in [3.05, 3.63) is 17.5 Å². The van der Waals surface area contributed by atoms with Crippen molar-refractivity contribution in [1.82, 2.24) is 9.97 Å². The summed E-state index contributed by atoms with van der Waals surface area (Å²) >= 11 is 5.80. The van der Waals surface area contributed by atoms with E-state index < -0.39 is 0 Å². The van der Waals surface area contributed by atoms with Crippen LogP contribution in [0.15, 0.2) is 12.3 Å². The zero-order chi connectivity index (χ0) is 12.1. The summed E-state index contributed by atoms with van der Waals surface area (Å²) in [5.74, 6) is 0.898. The maximum Gasteiger partial charge on any atom is 0.224 e. The van der Waals surface area contributed by atoms with Crippen molar-refractivity contribution in [1.29, 1.82) is 0 Å². The van der Waals surface area contributed by atoms with E-state index >= 15 is 0 Å². The van der Waals surface area contributed by atoms with E-state index in [0.29, 0.717) is 11.4 Å². The molecule has 5 heteroatoms. The van der Waals surface area contributed by atoms with Crippen LogP contribution in [-0.4, -0.2) is 35.8 Å². The molecule has 0 radical (unpaired) electrons. The summed E-state index contributed by atoms with van der Waals surface area (Å²) in [5.41, 5.74) is 0. The molecule has 1 aromatic heterocycles. The molecule has 2 rings (SSSR count). The van der Waals surface area contributed by atoms with Gasteiger partial charge >= 0.3 is 0 Å². The molecule has 1 unspecified atom stereocenters. The highest BCUT2D eigenvalue weighted by Gasteiger charge is 2.21. The molecule has 17 heavy (non-hydrogen) atoms. The molecule has 0 saturated carbocycles. The van der Waals surface area contributed by atoms with Crippen LogP contribution in [0.25, 0.3) is 0 Å². The lowest BCUT2D eigenvalue weighted by molar-refractivity contribution is 0.0439. The van der Waals surface area contributed by atoms with E-state index in [1.807, 2.05) is 6.07 Å². The highest BCUT2D eigenvalue weighted by atomic mass is 35.5. The van der Waals surface area contributed by atoms with E-state index in [0.717, 1.165) is 44.8 Å². The Hall–Kier alpha value is -0.870. The van der Waals surface area contributed by atoms with Gasteiger partial charge in [-0.3, -0.25) is 0 Å². The molecule has 0 aliphatic carbocycles. The maximum absolute atomic E-state index is 5.80. The van der Waals surface area contributed by atoms with Crippen LogP contribution >= 0.6 is 11.6 Å². The highest BCUT2D eigenvalue weighted by Crippen LogP contribution is 2.20. The summed E-state index contributed by atoms with van der Waals surface area (Å²) in [6.07, 6.45) is 5.35. The number of anilines is 1. The minimum Gasteiger partial charge on any atom is -0.376 e. The van der Waals surface area contributed by atoms with Crippen LogP contribution < -0.4 is 4.90 Å². The quantitative estimate of drug-likeness (QED) is 0.775. The summed E-state index contributed by atoms with van der Waals surface area (Å²) < 4.78 is 5.80. The largest absolute Gasteiger partial charge is 0.376 e. The number of aromatic nitrogens is 2. The maximum atomic E-state index is 5.80. The van der Waals surface area contributed by atoms with E-state index in [4.69, 9.17) is 16.3 Å². The van der Waals surface area contributed by atoms with Gasteiger partial charge in [0, 0.05) is 25.9 Å². The molecule has 1 aromatic rings. The molecule has 94 valence electrons. The molecule has 2 heterocycles. The normalized spacial score (nSPS) is 20.6. The molecule has 0 amide bonds. The first-order valence-corrected chi connectivity index (χ1v) is 6.52. The summed E-state index contributed by atoms with van der Waals surface area (Å²) in [7, 11) is 0. The highest BCUT2D eigenvalue weighted by molar-refractivity contribution is 6.28. The molecule has 0 spiro atoms. The average Bonchev–Trinajstić information content (AvgIpc) is 2.37. The van der Waals surface area contributed by atoms with Crippen molar-refractivity contribution < 1.29 is 4.74 Å². The van der Waals surface area contributed by atoms with Crippen molar-refractivity contribution in [2.45, 2.75) is 32.3 Å². The molecule has 1 aliphatic heterocycles. The van der Waals surface area contributed by atoms with Crippen molar-refractivity contribution in [3.63, 3.8) is 0 Å². The zero-order valence-corrected chi connectivity index (χ0v) is 10.9. The Labute approximate surface area is 107 Å². The number of hydrogen-bond donors (Lipinski definition) is 0. The molecule has 1 aliphatic rings. The predicted octanol–water partition coefficient (Wildman–Crippen LogP) is 2.53. The first kappa shape index (κ1) is 12.6. The predicted molar refractivity (Wildman–Crippen MR) is 68.5 cm³/mol. The standard InChI is InChI=1S/C12H18ClN3O/c1-2-8-17-10-4-3-7-16(9-10)11-5-6-14-12(13)15-11/h5-6,10H,2-4,7-9H2,1H3. The van der Waals surface area contributed by atoms with Gasteiger partial charge in [0.15, 0.2) is 0 Å². The zero-order valence-electron chi connectivity index (χ0n) is 10.1. The summed E-state index contributed by atoms with van der Waals surface area (Å²) in [4.78, 5) is 10.4. The van der Waals surface area contributed by atoms with E-state index in [1.54, 1.807) is 6.20 Å². The Balaban J connectivity index is 1.97. The van der Waals surface area contributed by atoms with Gasteiger partial charge in [0.25, 0.3) is 0 Å². The topological polar surface area (TPSA) is 38.2 Å². The smallest absolute Gasteiger partial charge is 0.224 e. The molecule has 1 saturated heterocycles. The number of nitrogens with zero attached hydrogens (tertiary/aromatic N) is 3. The van der Waals surface area contributed by atoms with Crippen molar-refractivity contribution in [2.24, 2.45) is 0 Å². The average molecular weight is 256 g/mol. The Morgan fingerprint density at radius 3 is 3.24 bits per heavy atom. The summed E-state index contributed by atoms with van der Waals surface area (Å²) in [6, 6.07) is 1.90. The second-order valence-corrected chi connectivity index (χ2v) is 4.60. The van der Waals surface area contributed by atoms with Gasteiger partial charge in [-0.25, -0.2) is 9.97 Å². The lowest BCUT2D eigenvalue weighted by Crippen LogP contribution is -2.40. The lowest BCUT2D eigenvalue weighted by atomic mass is 10.1. The van der Waals surface area contributed by atoms with Gasteiger partial charge in [-0.1, -0.05) is 6.92 Å². The van der Waals surface area contributed by atoms with E-state index in [9.17, 15) is 0 Å².